The zero-order valence-corrected chi connectivity index (χ0v) is 33.1. The smallest absolute Gasteiger partial charge is 0.303 e. The fraction of sp³-hybridized carbons (Fsp3) is 0.857. The highest BCUT2D eigenvalue weighted by Crippen LogP contribution is 2.19. The quantitative estimate of drug-likeness (QED) is 0.0267. The molecule has 0 aromatic rings. The Balaban J connectivity index is 0. The van der Waals surface area contributed by atoms with Gasteiger partial charge in [-0.05, 0) is 64.2 Å². The topological polar surface area (TPSA) is 185 Å². The minimum atomic E-state index is -1.57. The van der Waals surface area contributed by atoms with Crippen LogP contribution in [0, 0.1) is 0 Å². The highest BCUT2D eigenvalue weighted by molar-refractivity contribution is 5.66. The number of aliphatic hydroxyl groups is 5. The minimum absolute atomic E-state index is 0.332. The van der Waals surface area contributed by atoms with Gasteiger partial charge in [0.15, 0.2) is 6.29 Å². The SMILES string of the molecule is CCCCCCCC/C=C\CCCCCCCC(=O)O.CCCCCCCC/C=C\CCCCCCCC(=O)O.OC[C@H]1OC(O)[C@H](O)[C@@H](O)[C@@H]1O. The summed E-state index contributed by atoms with van der Waals surface area (Å²) in [6, 6.07) is 0. The molecule has 10 heteroatoms. The Hall–Kier alpha value is -1.82. The van der Waals surface area contributed by atoms with Gasteiger partial charge in [0, 0.05) is 12.8 Å². The van der Waals surface area contributed by atoms with Crippen molar-refractivity contribution in [1.29, 1.82) is 0 Å². The minimum Gasteiger partial charge on any atom is -0.481 e. The highest BCUT2D eigenvalue weighted by Gasteiger charge is 2.42. The first-order valence-corrected chi connectivity index (χ1v) is 20.8. The van der Waals surface area contributed by atoms with E-state index in [1.165, 1.54) is 141 Å². The van der Waals surface area contributed by atoms with E-state index in [1.807, 2.05) is 0 Å². The molecule has 0 aromatic heterocycles. The molecule has 1 rings (SSSR count). The predicted octanol–water partition coefficient (Wildman–Crippen LogP) is 9.00. The summed E-state index contributed by atoms with van der Waals surface area (Å²) in [5, 5.41) is 61.7. The molecule has 0 bridgehead atoms. The molecule has 1 aliphatic heterocycles. The summed E-state index contributed by atoms with van der Waals surface area (Å²) < 4.78 is 4.58. The molecule has 1 heterocycles. The van der Waals surface area contributed by atoms with Gasteiger partial charge < -0.3 is 40.5 Å². The lowest BCUT2D eigenvalue weighted by molar-refractivity contribution is -0.286. The van der Waals surface area contributed by atoms with Crippen LogP contribution in [-0.2, 0) is 14.3 Å². The molecule has 0 spiro atoms. The van der Waals surface area contributed by atoms with Crippen molar-refractivity contribution in [2.45, 2.75) is 224 Å². The molecule has 1 fully saturated rings. The molecular formula is C42H80O10. The molecule has 10 nitrogen and oxygen atoms in total. The summed E-state index contributed by atoms with van der Waals surface area (Å²) in [6.07, 6.45) is 35.4. The van der Waals surface area contributed by atoms with Crippen LogP contribution in [0.5, 0.6) is 0 Å². The Morgan fingerprint density at radius 3 is 1.08 bits per heavy atom. The van der Waals surface area contributed by atoms with Gasteiger partial charge in [0.25, 0.3) is 0 Å². The van der Waals surface area contributed by atoms with Crippen LogP contribution in [0.4, 0.5) is 0 Å². The lowest BCUT2D eigenvalue weighted by Crippen LogP contribution is -2.58. The number of aliphatic hydroxyl groups excluding tert-OH is 5. The van der Waals surface area contributed by atoms with E-state index in [4.69, 9.17) is 35.7 Å². The summed E-state index contributed by atoms with van der Waals surface area (Å²) in [5.41, 5.74) is 0. The largest absolute Gasteiger partial charge is 0.481 e. The van der Waals surface area contributed by atoms with Gasteiger partial charge in [-0.15, -0.1) is 0 Å². The van der Waals surface area contributed by atoms with Gasteiger partial charge >= 0.3 is 11.9 Å². The number of hydrogen-bond donors (Lipinski definition) is 7. The number of ether oxygens (including phenoxy) is 1. The molecule has 5 atom stereocenters. The van der Waals surface area contributed by atoms with E-state index in [9.17, 15) is 9.59 Å². The van der Waals surface area contributed by atoms with E-state index in [0.717, 1.165) is 25.7 Å². The third-order valence-corrected chi connectivity index (χ3v) is 9.17. The van der Waals surface area contributed by atoms with Crippen LogP contribution in [0.1, 0.15) is 194 Å². The summed E-state index contributed by atoms with van der Waals surface area (Å²) >= 11 is 0. The second-order valence-corrected chi connectivity index (χ2v) is 14.2. The predicted molar refractivity (Wildman–Crippen MR) is 210 cm³/mol. The number of aliphatic carboxylic acids is 2. The van der Waals surface area contributed by atoms with Crippen molar-refractivity contribution in [3.63, 3.8) is 0 Å². The van der Waals surface area contributed by atoms with Crippen molar-refractivity contribution in [3.8, 4) is 0 Å². The number of allylic oxidation sites excluding steroid dienone is 4. The van der Waals surface area contributed by atoms with E-state index in [0.29, 0.717) is 12.8 Å². The van der Waals surface area contributed by atoms with Crippen molar-refractivity contribution >= 4 is 11.9 Å². The van der Waals surface area contributed by atoms with E-state index >= 15 is 0 Å². The lowest BCUT2D eigenvalue weighted by Gasteiger charge is -2.37. The number of hydrogen-bond acceptors (Lipinski definition) is 8. The van der Waals surface area contributed by atoms with Crippen LogP contribution >= 0.6 is 0 Å². The fourth-order valence-corrected chi connectivity index (χ4v) is 5.78. The van der Waals surface area contributed by atoms with Crippen LogP contribution in [0.15, 0.2) is 24.3 Å². The Morgan fingerprint density at radius 1 is 0.462 bits per heavy atom. The number of carboxylic acids is 2. The maximum atomic E-state index is 10.3. The van der Waals surface area contributed by atoms with E-state index in [1.54, 1.807) is 0 Å². The normalized spacial score (nSPS) is 20.0. The van der Waals surface area contributed by atoms with E-state index < -0.39 is 49.3 Å². The molecule has 0 saturated carbocycles. The Morgan fingerprint density at radius 2 is 0.769 bits per heavy atom. The van der Waals surface area contributed by atoms with Gasteiger partial charge in [-0.25, -0.2) is 0 Å². The molecular weight excluding hydrogens is 664 g/mol. The lowest BCUT2D eigenvalue weighted by atomic mass is 10.00. The van der Waals surface area contributed by atoms with Crippen LogP contribution in [0.3, 0.4) is 0 Å². The van der Waals surface area contributed by atoms with Crippen LogP contribution in [0.25, 0.3) is 0 Å². The van der Waals surface area contributed by atoms with Crippen LogP contribution in [0.2, 0.25) is 0 Å². The average molecular weight is 745 g/mol. The van der Waals surface area contributed by atoms with Crippen molar-refractivity contribution in [2.24, 2.45) is 0 Å². The Labute approximate surface area is 316 Å². The van der Waals surface area contributed by atoms with Gasteiger partial charge in [-0.3, -0.25) is 9.59 Å². The van der Waals surface area contributed by atoms with E-state index in [-0.39, 0.29) is 0 Å². The van der Waals surface area contributed by atoms with Gasteiger partial charge in [0.2, 0.25) is 0 Å². The first-order valence-electron chi connectivity index (χ1n) is 20.8. The van der Waals surface area contributed by atoms with Crippen LogP contribution in [-0.4, -0.2) is 85.0 Å². The third-order valence-electron chi connectivity index (χ3n) is 9.17. The molecule has 0 radical (unpaired) electrons. The summed E-state index contributed by atoms with van der Waals surface area (Å²) in [5.74, 6) is -1.33. The number of carbonyl (C=O) groups is 2. The molecule has 1 saturated heterocycles. The molecule has 0 aliphatic carbocycles. The molecule has 0 aromatic carbocycles. The van der Waals surface area contributed by atoms with Crippen LogP contribution < -0.4 is 0 Å². The van der Waals surface area contributed by atoms with Crippen molar-refractivity contribution < 1.29 is 50.1 Å². The number of carboxylic acid groups (broad SMARTS) is 2. The Bertz CT molecular complexity index is 779. The zero-order chi connectivity index (χ0) is 39.1. The van der Waals surface area contributed by atoms with Gasteiger partial charge in [-0.1, -0.05) is 141 Å². The molecule has 7 N–H and O–H groups in total. The van der Waals surface area contributed by atoms with Crippen molar-refractivity contribution in [3.05, 3.63) is 24.3 Å². The maximum absolute atomic E-state index is 10.3. The summed E-state index contributed by atoms with van der Waals surface area (Å²) in [6.45, 7) is 3.99. The second kappa shape index (κ2) is 40.4. The highest BCUT2D eigenvalue weighted by atomic mass is 16.6. The van der Waals surface area contributed by atoms with Crippen molar-refractivity contribution in [2.75, 3.05) is 6.61 Å². The average Bonchev–Trinajstić information content (AvgIpc) is 3.12. The zero-order valence-electron chi connectivity index (χ0n) is 33.1. The third kappa shape index (κ3) is 36.5. The Kier molecular flexibility index (Phi) is 40.6. The second-order valence-electron chi connectivity index (χ2n) is 14.2. The standard InChI is InChI=1S/2C18H34O2.C6H12O6/c2*1-2-3-4-5-6-7-8-9-10-11-12-13-14-15-16-17-18(19)20;7-1-2-3(8)4(9)5(10)6(11)12-2/h2*9-10H,2-8,11-17H2,1H3,(H,19,20);2-11H,1H2/b2*10-9-;/t;;2-,3-,4+,5-,6?/m..1/s1. The van der Waals surface area contributed by atoms with E-state index in [2.05, 4.69) is 42.9 Å². The first kappa shape index (κ1) is 52.3. The van der Waals surface area contributed by atoms with Crippen molar-refractivity contribution in [1.82, 2.24) is 0 Å². The number of rotatable bonds is 31. The molecule has 1 unspecified atom stereocenters. The molecule has 1 aliphatic rings. The summed E-state index contributed by atoms with van der Waals surface area (Å²) in [7, 11) is 0. The molecule has 52 heavy (non-hydrogen) atoms. The monoisotopic (exact) mass is 745 g/mol. The van der Waals surface area contributed by atoms with Gasteiger partial charge in [0.1, 0.15) is 24.4 Å². The summed E-state index contributed by atoms with van der Waals surface area (Å²) in [4.78, 5) is 20.6. The number of unbranched alkanes of at least 4 members (excludes halogenated alkanes) is 22. The molecule has 0 amide bonds. The van der Waals surface area contributed by atoms with Gasteiger partial charge in [-0.2, -0.15) is 0 Å². The molecule has 308 valence electrons. The van der Waals surface area contributed by atoms with Gasteiger partial charge in [0.05, 0.1) is 6.61 Å². The first-order chi connectivity index (χ1) is 25.1. The maximum Gasteiger partial charge on any atom is 0.303 e. The fourth-order valence-electron chi connectivity index (χ4n) is 5.78.